The van der Waals surface area contributed by atoms with Crippen LogP contribution in [0, 0.1) is 0 Å². The maximum atomic E-state index is 12.4. The highest BCUT2D eigenvalue weighted by Crippen LogP contribution is 2.30. The lowest BCUT2D eigenvalue weighted by molar-refractivity contribution is -0.137. The molecule has 0 bridgehead atoms. The van der Waals surface area contributed by atoms with Gasteiger partial charge in [0.1, 0.15) is 5.82 Å². The lowest BCUT2D eigenvalue weighted by Gasteiger charge is -2.13. The molecule has 1 fully saturated rings. The molecule has 1 aliphatic heterocycles. The molecule has 2 rings (SSSR count). The molecule has 0 aromatic carbocycles. The van der Waals surface area contributed by atoms with Gasteiger partial charge in [-0.25, -0.2) is 4.98 Å². The predicted octanol–water partition coefficient (Wildman–Crippen LogP) is 2.30. The van der Waals surface area contributed by atoms with Crippen molar-refractivity contribution in [2.24, 2.45) is 0 Å². The molecule has 1 atom stereocenters. The van der Waals surface area contributed by atoms with E-state index in [0.29, 0.717) is 13.2 Å². The summed E-state index contributed by atoms with van der Waals surface area (Å²) < 4.78 is 42.3. The average Bonchev–Trinajstić information content (AvgIpc) is 2.70. The second-order valence-electron chi connectivity index (χ2n) is 3.63. The summed E-state index contributed by atoms with van der Waals surface area (Å²) in [5.41, 5.74) is -0.691. The summed E-state index contributed by atoms with van der Waals surface area (Å²) >= 11 is 0. The van der Waals surface area contributed by atoms with Crippen molar-refractivity contribution in [3.63, 3.8) is 0 Å². The Labute approximate surface area is 90.6 Å². The molecule has 1 aromatic rings. The maximum absolute atomic E-state index is 12.4. The minimum atomic E-state index is -4.33. The van der Waals surface area contributed by atoms with E-state index >= 15 is 0 Å². The normalized spacial score (nSPS) is 21.1. The SMILES string of the molecule is FC(F)(F)c1ccnc(NC2CCOC2)c1. The molecule has 1 unspecified atom stereocenters. The van der Waals surface area contributed by atoms with Gasteiger partial charge in [-0.2, -0.15) is 13.2 Å². The fourth-order valence-electron chi connectivity index (χ4n) is 1.54. The molecule has 0 amide bonds. The molecule has 0 radical (unpaired) electrons. The Morgan fingerprint density at radius 3 is 2.88 bits per heavy atom. The van der Waals surface area contributed by atoms with Gasteiger partial charge in [-0.1, -0.05) is 0 Å². The molecule has 0 spiro atoms. The van der Waals surface area contributed by atoms with E-state index in [1.807, 2.05) is 0 Å². The largest absolute Gasteiger partial charge is 0.416 e. The van der Waals surface area contributed by atoms with Crippen molar-refractivity contribution in [2.75, 3.05) is 18.5 Å². The van der Waals surface area contributed by atoms with Crippen LogP contribution in [0.3, 0.4) is 0 Å². The summed E-state index contributed by atoms with van der Waals surface area (Å²) in [5, 5.41) is 2.92. The van der Waals surface area contributed by atoms with Crippen LogP contribution >= 0.6 is 0 Å². The van der Waals surface area contributed by atoms with E-state index in [4.69, 9.17) is 4.74 Å². The second kappa shape index (κ2) is 4.29. The molecule has 6 heteroatoms. The van der Waals surface area contributed by atoms with Crippen LogP contribution < -0.4 is 5.32 Å². The highest BCUT2D eigenvalue weighted by atomic mass is 19.4. The van der Waals surface area contributed by atoms with Crippen LogP contribution in [0.1, 0.15) is 12.0 Å². The molecular weight excluding hydrogens is 221 g/mol. The number of nitrogens with one attached hydrogen (secondary N) is 1. The zero-order valence-electron chi connectivity index (χ0n) is 8.42. The third-order valence-electron chi connectivity index (χ3n) is 2.37. The minimum absolute atomic E-state index is 0.0518. The lowest BCUT2D eigenvalue weighted by atomic mass is 10.2. The smallest absolute Gasteiger partial charge is 0.379 e. The quantitative estimate of drug-likeness (QED) is 0.849. The number of halogens is 3. The maximum Gasteiger partial charge on any atom is 0.416 e. The minimum Gasteiger partial charge on any atom is -0.379 e. The van der Waals surface area contributed by atoms with Crippen molar-refractivity contribution in [1.82, 2.24) is 4.98 Å². The van der Waals surface area contributed by atoms with Gasteiger partial charge in [0.25, 0.3) is 0 Å². The van der Waals surface area contributed by atoms with Crippen LogP contribution in [0.5, 0.6) is 0 Å². The van der Waals surface area contributed by atoms with Gasteiger partial charge in [0, 0.05) is 12.8 Å². The highest BCUT2D eigenvalue weighted by Gasteiger charge is 2.31. The lowest BCUT2D eigenvalue weighted by Crippen LogP contribution is -2.20. The van der Waals surface area contributed by atoms with Gasteiger partial charge in [0.15, 0.2) is 0 Å². The zero-order chi connectivity index (χ0) is 11.6. The fourth-order valence-corrected chi connectivity index (χ4v) is 1.54. The van der Waals surface area contributed by atoms with Gasteiger partial charge in [-0.05, 0) is 18.6 Å². The number of ether oxygens (including phenoxy) is 1. The summed E-state index contributed by atoms with van der Waals surface area (Å²) in [6.07, 6.45) is -2.38. The number of anilines is 1. The van der Waals surface area contributed by atoms with Gasteiger partial charge in [0.2, 0.25) is 0 Å². The zero-order valence-corrected chi connectivity index (χ0v) is 8.42. The van der Waals surface area contributed by atoms with Crippen molar-refractivity contribution < 1.29 is 17.9 Å². The summed E-state index contributed by atoms with van der Waals surface area (Å²) in [6, 6.07) is 2.02. The first-order valence-corrected chi connectivity index (χ1v) is 4.93. The topological polar surface area (TPSA) is 34.2 Å². The van der Waals surface area contributed by atoms with Crippen molar-refractivity contribution in [1.29, 1.82) is 0 Å². The fraction of sp³-hybridized carbons (Fsp3) is 0.500. The van der Waals surface area contributed by atoms with E-state index in [1.54, 1.807) is 0 Å². The predicted molar refractivity (Wildman–Crippen MR) is 52.1 cm³/mol. The standard InChI is InChI=1S/C10H11F3N2O/c11-10(12,13)7-1-3-14-9(5-7)15-8-2-4-16-6-8/h1,3,5,8H,2,4,6H2,(H,14,15). The molecule has 1 aliphatic rings. The van der Waals surface area contributed by atoms with Gasteiger partial charge in [-0.3, -0.25) is 0 Å². The molecule has 1 aromatic heterocycles. The van der Waals surface area contributed by atoms with E-state index in [1.165, 1.54) is 0 Å². The number of pyridine rings is 1. The van der Waals surface area contributed by atoms with Gasteiger partial charge >= 0.3 is 6.18 Å². The van der Waals surface area contributed by atoms with Crippen molar-refractivity contribution in [3.05, 3.63) is 23.9 Å². The van der Waals surface area contributed by atoms with Crippen LogP contribution in [0.2, 0.25) is 0 Å². The summed E-state index contributed by atoms with van der Waals surface area (Å²) in [7, 11) is 0. The van der Waals surface area contributed by atoms with E-state index in [2.05, 4.69) is 10.3 Å². The molecule has 1 saturated heterocycles. The first-order chi connectivity index (χ1) is 7.55. The first-order valence-electron chi connectivity index (χ1n) is 4.93. The Morgan fingerprint density at radius 1 is 1.44 bits per heavy atom. The Balaban J connectivity index is 2.09. The molecule has 1 N–H and O–H groups in total. The third-order valence-corrected chi connectivity index (χ3v) is 2.37. The molecule has 0 aliphatic carbocycles. The number of hydrogen-bond acceptors (Lipinski definition) is 3. The number of nitrogens with zero attached hydrogens (tertiary/aromatic N) is 1. The van der Waals surface area contributed by atoms with E-state index < -0.39 is 11.7 Å². The molecule has 88 valence electrons. The van der Waals surface area contributed by atoms with Gasteiger partial charge in [-0.15, -0.1) is 0 Å². The van der Waals surface area contributed by atoms with Crippen LogP contribution in [0.15, 0.2) is 18.3 Å². The van der Waals surface area contributed by atoms with Crippen molar-refractivity contribution >= 4 is 5.82 Å². The van der Waals surface area contributed by atoms with Crippen LogP contribution in [-0.4, -0.2) is 24.2 Å². The summed E-state index contributed by atoms with van der Waals surface area (Å²) in [6.45, 7) is 1.15. The van der Waals surface area contributed by atoms with Crippen LogP contribution in [0.25, 0.3) is 0 Å². The Hall–Kier alpha value is -1.30. The molecular formula is C10H11F3N2O. The van der Waals surface area contributed by atoms with Gasteiger partial charge in [0.05, 0.1) is 18.2 Å². The first kappa shape index (κ1) is 11.2. The Morgan fingerprint density at radius 2 is 2.25 bits per heavy atom. The molecule has 3 nitrogen and oxygen atoms in total. The third kappa shape index (κ3) is 2.63. The molecule has 0 saturated carbocycles. The summed E-state index contributed by atoms with van der Waals surface area (Å²) in [4.78, 5) is 3.85. The molecule has 2 heterocycles. The van der Waals surface area contributed by atoms with E-state index in [-0.39, 0.29) is 11.9 Å². The number of aromatic nitrogens is 1. The Bertz CT molecular complexity index is 361. The van der Waals surface area contributed by atoms with Crippen molar-refractivity contribution in [3.8, 4) is 0 Å². The number of alkyl halides is 3. The average molecular weight is 232 g/mol. The Kier molecular flexibility index (Phi) is 3.00. The van der Waals surface area contributed by atoms with E-state index in [9.17, 15) is 13.2 Å². The highest BCUT2D eigenvalue weighted by molar-refractivity contribution is 5.39. The second-order valence-corrected chi connectivity index (χ2v) is 3.63. The van der Waals surface area contributed by atoms with Crippen molar-refractivity contribution in [2.45, 2.75) is 18.6 Å². The summed E-state index contributed by atoms with van der Waals surface area (Å²) in [5.74, 6) is 0.241. The monoisotopic (exact) mass is 232 g/mol. The number of hydrogen-bond donors (Lipinski definition) is 1. The van der Waals surface area contributed by atoms with Crippen LogP contribution in [0.4, 0.5) is 19.0 Å². The van der Waals surface area contributed by atoms with Crippen LogP contribution in [-0.2, 0) is 10.9 Å². The molecule has 16 heavy (non-hydrogen) atoms. The van der Waals surface area contributed by atoms with Gasteiger partial charge < -0.3 is 10.1 Å². The number of rotatable bonds is 2. The van der Waals surface area contributed by atoms with E-state index in [0.717, 1.165) is 24.8 Å².